The highest BCUT2D eigenvalue weighted by molar-refractivity contribution is 5.95. The molecule has 0 aliphatic carbocycles. The zero-order chi connectivity index (χ0) is 20.5. The minimum absolute atomic E-state index is 0.0463. The first kappa shape index (κ1) is 19.4. The second-order valence-corrected chi connectivity index (χ2v) is 7.56. The van der Waals surface area contributed by atoms with Gasteiger partial charge in [-0.25, -0.2) is 8.78 Å². The van der Waals surface area contributed by atoms with Crippen LogP contribution in [0.25, 0.3) is 10.9 Å². The number of hydrogen-bond donors (Lipinski definition) is 3. The van der Waals surface area contributed by atoms with E-state index < -0.39 is 11.7 Å². The van der Waals surface area contributed by atoms with Crippen LogP contribution in [0.1, 0.15) is 40.7 Å². The lowest BCUT2D eigenvalue weighted by Gasteiger charge is -2.28. The molecule has 1 amide bonds. The van der Waals surface area contributed by atoms with E-state index in [2.05, 4.69) is 17.2 Å². The number of hydrogen-bond acceptors (Lipinski definition) is 3. The lowest BCUT2D eigenvalue weighted by molar-refractivity contribution is 0.0997. The number of carbonyl (C=O) groups excluding carboxylic acids is 1. The predicted molar refractivity (Wildman–Crippen MR) is 107 cm³/mol. The molecule has 1 aromatic heterocycles. The summed E-state index contributed by atoms with van der Waals surface area (Å²) in [4.78, 5) is 14.8. The maximum absolute atomic E-state index is 14.0. The van der Waals surface area contributed by atoms with Crippen LogP contribution in [0.2, 0.25) is 0 Å². The fraction of sp³-hybridized carbons (Fsp3) is 0.318. The van der Waals surface area contributed by atoms with Crippen LogP contribution in [0.5, 0.6) is 5.75 Å². The topological polar surface area (TPSA) is 80.1 Å². The first-order valence-electron chi connectivity index (χ1n) is 9.68. The smallest absolute Gasteiger partial charge is 0.249 e. The quantitative estimate of drug-likeness (QED) is 0.592. The largest absolute Gasteiger partial charge is 0.489 e. The molecule has 29 heavy (non-hydrogen) atoms. The summed E-state index contributed by atoms with van der Waals surface area (Å²) < 4.78 is 33.1. The van der Waals surface area contributed by atoms with E-state index in [9.17, 15) is 13.6 Å². The molecule has 7 heteroatoms. The Morgan fingerprint density at radius 1 is 1.34 bits per heavy atom. The third-order valence-electron chi connectivity index (χ3n) is 5.57. The van der Waals surface area contributed by atoms with Gasteiger partial charge < -0.3 is 20.8 Å². The summed E-state index contributed by atoms with van der Waals surface area (Å²) >= 11 is 0. The second-order valence-electron chi connectivity index (χ2n) is 7.56. The summed E-state index contributed by atoms with van der Waals surface area (Å²) in [5.41, 5.74) is 8.22. The monoisotopic (exact) mass is 399 g/mol. The molecular formula is C22H23F2N3O2. The number of fused-ring (bicyclic) bond motifs is 2. The van der Waals surface area contributed by atoms with Gasteiger partial charge in [-0.3, -0.25) is 4.79 Å². The SMILES string of the molecule is C[C@@H](CCN[C@H]1COc2c(F)ccc(C(N)=O)c2C1)c1c[nH]c2ccc(F)cc12. The van der Waals surface area contributed by atoms with Crippen LogP contribution in [-0.2, 0) is 6.42 Å². The molecule has 5 nitrogen and oxygen atoms in total. The van der Waals surface area contributed by atoms with Crippen molar-refractivity contribution in [2.75, 3.05) is 13.2 Å². The van der Waals surface area contributed by atoms with Crippen LogP contribution in [-0.4, -0.2) is 30.1 Å². The zero-order valence-corrected chi connectivity index (χ0v) is 16.1. The molecule has 152 valence electrons. The third-order valence-corrected chi connectivity index (χ3v) is 5.57. The number of amides is 1. The van der Waals surface area contributed by atoms with Crippen molar-refractivity contribution in [3.63, 3.8) is 0 Å². The number of aromatic amines is 1. The van der Waals surface area contributed by atoms with Gasteiger partial charge in [0.15, 0.2) is 11.6 Å². The summed E-state index contributed by atoms with van der Waals surface area (Å²) in [6.45, 7) is 3.12. The third kappa shape index (κ3) is 3.82. The van der Waals surface area contributed by atoms with Crippen LogP contribution in [0.3, 0.4) is 0 Å². The Bertz CT molecular complexity index is 1060. The Morgan fingerprint density at radius 2 is 2.17 bits per heavy atom. The number of benzene rings is 2. The Hall–Kier alpha value is -2.93. The van der Waals surface area contributed by atoms with Crippen molar-refractivity contribution < 1.29 is 18.3 Å². The average Bonchev–Trinajstić information content (AvgIpc) is 3.11. The van der Waals surface area contributed by atoms with Gasteiger partial charge in [0.1, 0.15) is 12.4 Å². The summed E-state index contributed by atoms with van der Waals surface area (Å²) in [6.07, 6.45) is 3.23. The van der Waals surface area contributed by atoms with E-state index in [0.29, 0.717) is 30.7 Å². The van der Waals surface area contributed by atoms with Gasteiger partial charge in [0, 0.05) is 34.3 Å². The fourth-order valence-electron chi connectivity index (χ4n) is 3.99. The molecule has 0 bridgehead atoms. The van der Waals surface area contributed by atoms with Crippen molar-refractivity contribution >= 4 is 16.8 Å². The minimum atomic E-state index is -0.592. The van der Waals surface area contributed by atoms with Gasteiger partial charge in [0.05, 0.1) is 0 Å². The Labute approximate surface area is 167 Å². The van der Waals surface area contributed by atoms with Crippen molar-refractivity contribution in [2.24, 2.45) is 5.73 Å². The van der Waals surface area contributed by atoms with Crippen LogP contribution >= 0.6 is 0 Å². The summed E-state index contributed by atoms with van der Waals surface area (Å²) in [5.74, 6) is -0.990. The van der Waals surface area contributed by atoms with E-state index in [0.717, 1.165) is 22.9 Å². The average molecular weight is 399 g/mol. The lowest BCUT2D eigenvalue weighted by Crippen LogP contribution is -2.41. The van der Waals surface area contributed by atoms with Gasteiger partial charge in [0.25, 0.3) is 0 Å². The van der Waals surface area contributed by atoms with E-state index in [4.69, 9.17) is 10.5 Å². The van der Waals surface area contributed by atoms with Gasteiger partial charge >= 0.3 is 0 Å². The van der Waals surface area contributed by atoms with Crippen molar-refractivity contribution in [2.45, 2.75) is 31.7 Å². The van der Waals surface area contributed by atoms with Crippen LogP contribution in [0.15, 0.2) is 36.5 Å². The first-order chi connectivity index (χ1) is 13.9. The van der Waals surface area contributed by atoms with Crippen LogP contribution in [0.4, 0.5) is 8.78 Å². The van der Waals surface area contributed by atoms with Gasteiger partial charge in [-0.1, -0.05) is 6.92 Å². The molecule has 0 fully saturated rings. The molecule has 2 heterocycles. The number of ether oxygens (including phenoxy) is 1. The molecule has 4 rings (SSSR count). The molecule has 0 saturated carbocycles. The van der Waals surface area contributed by atoms with E-state index >= 15 is 0 Å². The number of H-pyrrole nitrogens is 1. The van der Waals surface area contributed by atoms with Crippen molar-refractivity contribution in [3.05, 3.63) is 64.9 Å². The maximum atomic E-state index is 14.0. The van der Waals surface area contributed by atoms with E-state index in [1.807, 2.05) is 6.20 Å². The highest BCUT2D eigenvalue weighted by atomic mass is 19.1. The first-order valence-corrected chi connectivity index (χ1v) is 9.68. The standard InChI is InChI=1S/C22H23F2N3O2/c1-12(18-10-27-20-5-2-13(23)8-16(18)20)6-7-26-14-9-17-15(22(25)28)3-4-19(24)21(17)29-11-14/h2-5,8,10,12,14,26-27H,6-7,9,11H2,1H3,(H2,25,28)/t12-,14+/m0/s1. The Morgan fingerprint density at radius 3 is 2.97 bits per heavy atom. The van der Waals surface area contributed by atoms with Crippen molar-refractivity contribution in [1.29, 1.82) is 0 Å². The van der Waals surface area contributed by atoms with Crippen molar-refractivity contribution in [1.82, 2.24) is 10.3 Å². The van der Waals surface area contributed by atoms with Gasteiger partial charge in [-0.05, 0) is 61.2 Å². The molecule has 0 radical (unpaired) electrons. The molecule has 2 aromatic carbocycles. The lowest BCUT2D eigenvalue weighted by atomic mass is 9.95. The molecule has 1 aliphatic heterocycles. The highest BCUT2D eigenvalue weighted by Crippen LogP contribution is 2.31. The number of halogens is 2. The van der Waals surface area contributed by atoms with Crippen LogP contribution < -0.4 is 15.8 Å². The molecular weight excluding hydrogens is 376 g/mol. The number of nitrogens with two attached hydrogens (primary N) is 1. The summed E-state index contributed by atoms with van der Waals surface area (Å²) in [5, 5.41) is 4.31. The molecule has 4 N–H and O–H groups in total. The Kier molecular flexibility index (Phi) is 5.24. The number of aromatic nitrogens is 1. The normalized spacial score (nSPS) is 17.0. The number of primary amides is 1. The van der Waals surface area contributed by atoms with Crippen LogP contribution in [0, 0.1) is 11.6 Å². The van der Waals surface area contributed by atoms with Gasteiger partial charge in [-0.15, -0.1) is 0 Å². The molecule has 3 aromatic rings. The molecule has 2 atom stereocenters. The van der Waals surface area contributed by atoms with E-state index in [1.165, 1.54) is 18.2 Å². The van der Waals surface area contributed by atoms with Gasteiger partial charge in [0.2, 0.25) is 5.91 Å². The number of carbonyl (C=O) groups is 1. The number of nitrogens with one attached hydrogen (secondary N) is 2. The maximum Gasteiger partial charge on any atom is 0.249 e. The highest BCUT2D eigenvalue weighted by Gasteiger charge is 2.26. The van der Waals surface area contributed by atoms with E-state index in [-0.39, 0.29) is 23.5 Å². The van der Waals surface area contributed by atoms with Crippen molar-refractivity contribution in [3.8, 4) is 5.75 Å². The van der Waals surface area contributed by atoms with E-state index in [1.54, 1.807) is 12.1 Å². The molecule has 0 unspecified atom stereocenters. The predicted octanol–water partition coefficient (Wildman–Crippen LogP) is 3.63. The molecule has 0 saturated heterocycles. The fourth-order valence-corrected chi connectivity index (χ4v) is 3.99. The number of rotatable bonds is 6. The zero-order valence-electron chi connectivity index (χ0n) is 16.1. The summed E-state index contributed by atoms with van der Waals surface area (Å²) in [7, 11) is 0. The molecule has 0 spiro atoms. The minimum Gasteiger partial charge on any atom is -0.489 e. The molecule has 1 aliphatic rings. The summed E-state index contributed by atoms with van der Waals surface area (Å²) in [6, 6.07) is 7.30. The second kappa shape index (κ2) is 7.83. The Balaban J connectivity index is 1.40. The van der Waals surface area contributed by atoms with Gasteiger partial charge in [-0.2, -0.15) is 0 Å².